The zero-order chi connectivity index (χ0) is 12.9. The monoisotopic (exact) mass is 249 g/mol. The van der Waals surface area contributed by atoms with Gasteiger partial charge < -0.3 is 4.74 Å². The minimum atomic E-state index is -0.434. The van der Waals surface area contributed by atoms with Crippen molar-refractivity contribution in [2.24, 2.45) is 29.1 Å². The van der Waals surface area contributed by atoms with E-state index < -0.39 is 5.41 Å². The molecule has 0 spiro atoms. The molecular formula is C16H25O2. The van der Waals surface area contributed by atoms with E-state index in [4.69, 9.17) is 4.74 Å². The first-order valence-corrected chi connectivity index (χ1v) is 7.54. The van der Waals surface area contributed by atoms with Crippen LogP contribution in [0.3, 0.4) is 0 Å². The van der Waals surface area contributed by atoms with Crippen molar-refractivity contribution in [3.05, 3.63) is 6.42 Å². The van der Waals surface area contributed by atoms with Gasteiger partial charge in [-0.15, -0.1) is 0 Å². The second-order valence-corrected chi connectivity index (χ2v) is 7.11. The molecule has 0 N–H and O–H groups in total. The SMILES string of the molecule is C[CH]C(C)(C)C(=O)OC1CC2CC1C1CCCC21. The molecule has 1 radical (unpaired) electrons. The standard InChI is InChI=1S/C16H25O2/c1-4-16(2,3)15(17)18-14-9-10-8-13(14)12-7-5-6-11(10)12/h4,10-14H,5-9H2,1-3H3. The molecule has 5 atom stereocenters. The lowest BCUT2D eigenvalue weighted by Crippen LogP contribution is -2.36. The van der Waals surface area contributed by atoms with E-state index in [-0.39, 0.29) is 12.1 Å². The zero-order valence-corrected chi connectivity index (χ0v) is 11.8. The Morgan fingerprint density at radius 3 is 2.61 bits per heavy atom. The predicted octanol–water partition coefficient (Wildman–Crippen LogP) is 3.60. The minimum absolute atomic E-state index is 0.0305. The molecule has 0 saturated heterocycles. The van der Waals surface area contributed by atoms with Gasteiger partial charge >= 0.3 is 5.97 Å². The van der Waals surface area contributed by atoms with E-state index in [1.807, 2.05) is 27.2 Å². The van der Waals surface area contributed by atoms with Gasteiger partial charge in [-0.1, -0.05) is 13.3 Å². The van der Waals surface area contributed by atoms with Gasteiger partial charge in [0.05, 0.1) is 5.41 Å². The molecule has 0 aromatic rings. The van der Waals surface area contributed by atoms with Crippen LogP contribution in [-0.2, 0) is 9.53 Å². The van der Waals surface area contributed by atoms with Crippen molar-refractivity contribution in [3.63, 3.8) is 0 Å². The fourth-order valence-corrected chi connectivity index (χ4v) is 4.55. The molecule has 3 aliphatic rings. The molecule has 2 bridgehead atoms. The second-order valence-electron chi connectivity index (χ2n) is 7.11. The Balaban J connectivity index is 1.65. The molecule has 18 heavy (non-hydrogen) atoms. The maximum absolute atomic E-state index is 12.2. The number of hydrogen-bond acceptors (Lipinski definition) is 2. The first kappa shape index (κ1) is 12.5. The zero-order valence-electron chi connectivity index (χ0n) is 11.8. The van der Waals surface area contributed by atoms with Crippen molar-refractivity contribution in [2.45, 2.75) is 59.0 Å². The third-order valence-electron chi connectivity index (χ3n) is 5.87. The number of esters is 1. The first-order chi connectivity index (χ1) is 8.53. The fourth-order valence-electron chi connectivity index (χ4n) is 4.55. The molecule has 101 valence electrons. The molecule has 3 rings (SSSR count). The highest BCUT2D eigenvalue weighted by molar-refractivity contribution is 5.77. The van der Waals surface area contributed by atoms with Crippen molar-refractivity contribution in [1.82, 2.24) is 0 Å². The third kappa shape index (κ3) is 1.80. The van der Waals surface area contributed by atoms with E-state index in [9.17, 15) is 4.79 Å². The van der Waals surface area contributed by atoms with Gasteiger partial charge in [0.25, 0.3) is 0 Å². The number of ether oxygens (including phenoxy) is 1. The van der Waals surface area contributed by atoms with Gasteiger partial charge in [-0.25, -0.2) is 0 Å². The Morgan fingerprint density at radius 2 is 1.89 bits per heavy atom. The highest BCUT2D eigenvalue weighted by atomic mass is 16.5. The van der Waals surface area contributed by atoms with Gasteiger partial charge in [0.15, 0.2) is 0 Å². The largest absolute Gasteiger partial charge is 0.462 e. The van der Waals surface area contributed by atoms with E-state index in [0.29, 0.717) is 5.92 Å². The second kappa shape index (κ2) is 4.25. The maximum atomic E-state index is 12.2. The van der Waals surface area contributed by atoms with E-state index >= 15 is 0 Å². The van der Waals surface area contributed by atoms with Crippen LogP contribution >= 0.6 is 0 Å². The minimum Gasteiger partial charge on any atom is -0.462 e. The quantitative estimate of drug-likeness (QED) is 0.714. The molecule has 0 aromatic carbocycles. The van der Waals surface area contributed by atoms with Gasteiger partial charge in [-0.3, -0.25) is 4.79 Å². The number of rotatable bonds is 3. The maximum Gasteiger partial charge on any atom is 0.312 e. The van der Waals surface area contributed by atoms with E-state index in [2.05, 4.69) is 0 Å². The molecule has 5 unspecified atom stereocenters. The highest BCUT2D eigenvalue weighted by Crippen LogP contribution is 2.59. The van der Waals surface area contributed by atoms with Crippen LogP contribution in [0.4, 0.5) is 0 Å². The summed E-state index contributed by atoms with van der Waals surface area (Å²) in [5.41, 5.74) is -0.434. The van der Waals surface area contributed by atoms with Crippen molar-refractivity contribution in [1.29, 1.82) is 0 Å². The molecule has 0 heterocycles. The molecule has 0 aromatic heterocycles. The number of carbonyl (C=O) groups is 1. The normalized spacial score (nSPS) is 42.1. The summed E-state index contributed by atoms with van der Waals surface area (Å²) >= 11 is 0. The molecule has 2 heteroatoms. The molecule has 3 fully saturated rings. The molecular weight excluding hydrogens is 224 g/mol. The van der Waals surface area contributed by atoms with E-state index in [0.717, 1.165) is 24.2 Å². The highest BCUT2D eigenvalue weighted by Gasteiger charge is 2.55. The topological polar surface area (TPSA) is 26.3 Å². The summed E-state index contributed by atoms with van der Waals surface area (Å²) in [6.07, 6.45) is 8.84. The number of fused-ring (bicyclic) bond motifs is 5. The van der Waals surface area contributed by atoms with Gasteiger partial charge in [0.1, 0.15) is 6.10 Å². The first-order valence-electron chi connectivity index (χ1n) is 7.54. The number of carbonyl (C=O) groups excluding carboxylic acids is 1. The van der Waals surface area contributed by atoms with Crippen LogP contribution in [0, 0.1) is 35.5 Å². The van der Waals surface area contributed by atoms with Crippen LogP contribution in [0.1, 0.15) is 52.9 Å². The summed E-state index contributed by atoms with van der Waals surface area (Å²) in [6, 6.07) is 0. The van der Waals surface area contributed by atoms with Crippen LogP contribution in [0.25, 0.3) is 0 Å². The Kier molecular flexibility index (Phi) is 2.95. The summed E-state index contributed by atoms with van der Waals surface area (Å²) < 4.78 is 5.84. The molecule has 3 saturated carbocycles. The smallest absolute Gasteiger partial charge is 0.312 e. The van der Waals surface area contributed by atoms with Crippen molar-refractivity contribution in [3.8, 4) is 0 Å². The molecule has 2 nitrogen and oxygen atoms in total. The van der Waals surface area contributed by atoms with Gasteiger partial charge in [0.2, 0.25) is 0 Å². The van der Waals surface area contributed by atoms with Gasteiger partial charge in [-0.2, -0.15) is 0 Å². The van der Waals surface area contributed by atoms with Crippen LogP contribution in [0.15, 0.2) is 0 Å². The van der Waals surface area contributed by atoms with Crippen LogP contribution in [0.2, 0.25) is 0 Å². The van der Waals surface area contributed by atoms with Crippen molar-refractivity contribution < 1.29 is 9.53 Å². The summed E-state index contributed by atoms with van der Waals surface area (Å²) in [4.78, 5) is 12.2. The van der Waals surface area contributed by atoms with Crippen molar-refractivity contribution >= 4 is 5.97 Å². The fraction of sp³-hybridized carbons (Fsp3) is 0.875. The van der Waals surface area contributed by atoms with Crippen LogP contribution in [0.5, 0.6) is 0 Å². The van der Waals surface area contributed by atoms with E-state index in [1.165, 1.54) is 25.7 Å². The predicted molar refractivity (Wildman–Crippen MR) is 70.7 cm³/mol. The average molecular weight is 249 g/mol. The Morgan fingerprint density at radius 1 is 1.17 bits per heavy atom. The Labute approximate surface area is 110 Å². The van der Waals surface area contributed by atoms with Crippen LogP contribution < -0.4 is 0 Å². The summed E-state index contributed by atoms with van der Waals surface area (Å²) in [5.74, 6) is 3.34. The summed E-state index contributed by atoms with van der Waals surface area (Å²) in [6.45, 7) is 5.83. The lowest BCUT2D eigenvalue weighted by atomic mass is 9.80. The Hall–Kier alpha value is -0.530. The molecule has 0 aliphatic heterocycles. The molecule has 0 amide bonds. The van der Waals surface area contributed by atoms with Gasteiger partial charge in [0, 0.05) is 0 Å². The summed E-state index contributed by atoms with van der Waals surface area (Å²) in [5, 5.41) is 0. The lowest BCUT2D eigenvalue weighted by Gasteiger charge is -2.33. The summed E-state index contributed by atoms with van der Waals surface area (Å²) in [7, 11) is 0. The van der Waals surface area contributed by atoms with E-state index in [1.54, 1.807) is 0 Å². The lowest BCUT2D eigenvalue weighted by molar-refractivity contribution is -0.161. The van der Waals surface area contributed by atoms with Gasteiger partial charge in [-0.05, 0) is 69.6 Å². The third-order valence-corrected chi connectivity index (χ3v) is 5.87. The molecule has 3 aliphatic carbocycles. The Bertz CT molecular complexity index is 347. The average Bonchev–Trinajstić information content (AvgIpc) is 2.99. The van der Waals surface area contributed by atoms with Crippen molar-refractivity contribution in [2.75, 3.05) is 0 Å². The van der Waals surface area contributed by atoms with Crippen LogP contribution in [-0.4, -0.2) is 12.1 Å². The number of hydrogen-bond donors (Lipinski definition) is 0.